The van der Waals surface area contributed by atoms with E-state index >= 15 is 0 Å². The molecule has 1 aliphatic carbocycles. The molecule has 110 valence electrons. The van der Waals surface area contributed by atoms with Crippen LogP contribution >= 0.6 is 0 Å². The van der Waals surface area contributed by atoms with Crippen LogP contribution in [0.1, 0.15) is 37.7 Å². The van der Waals surface area contributed by atoms with Crippen molar-refractivity contribution >= 4 is 0 Å². The fourth-order valence-electron chi connectivity index (χ4n) is 3.04. The lowest BCUT2D eigenvalue weighted by atomic mass is 10.1. The highest BCUT2D eigenvalue weighted by Crippen LogP contribution is 2.33. The van der Waals surface area contributed by atoms with E-state index in [-0.39, 0.29) is 12.1 Å². The summed E-state index contributed by atoms with van der Waals surface area (Å²) < 4.78 is 11.3. The maximum absolute atomic E-state index is 10.1. The van der Waals surface area contributed by atoms with Crippen LogP contribution in [0.2, 0.25) is 0 Å². The van der Waals surface area contributed by atoms with E-state index in [1.165, 1.54) is 12.8 Å². The summed E-state index contributed by atoms with van der Waals surface area (Å²) in [4.78, 5) is 0. The molecule has 2 unspecified atom stereocenters. The van der Waals surface area contributed by atoms with Gasteiger partial charge in [0.25, 0.3) is 0 Å². The third kappa shape index (κ3) is 3.07. The molecule has 0 aromatic heterocycles. The Morgan fingerprint density at radius 1 is 1.10 bits per heavy atom. The normalized spacial score (nSPS) is 26.1. The van der Waals surface area contributed by atoms with E-state index in [2.05, 4.69) is 11.4 Å². The molecule has 1 aromatic carbocycles. The topological polar surface area (TPSA) is 50.7 Å². The molecule has 3 rings (SSSR count). The van der Waals surface area contributed by atoms with E-state index in [0.29, 0.717) is 19.8 Å². The van der Waals surface area contributed by atoms with Gasteiger partial charge in [0.15, 0.2) is 11.5 Å². The van der Waals surface area contributed by atoms with Gasteiger partial charge in [-0.3, -0.25) is 0 Å². The molecule has 0 amide bonds. The summed E-state index contributed by atoms with van der Waals surface area (Å²) in [5.41, 5.74) is 1.11. The van der Waals surface area contributed by atoms with Crippen molar-refractivity contribution in [1.82, 2.24) is 5.32 Å². The maximum Gasteiger partial charge on any atom is 0.165 e. The molecule has 4 nitrogen and oxygen atoms in total. The largest absolute Gasteiger partial charge is 0.486 e. The van der Waals surface area contributed by atoms with Crippen molar-refractivity contribution in [2.45, 2.75) is 50.8 Å². The first-order chi connectivity index (χ1) is 9.84. The number of ether oxygens (including phenoxy) is 2. The van der Waals surface area contributed by atoms with Crippen LogP contribution in [0.3, 0.4) is 0 Å². The van der Waals surface area contributed by atoms with Crippen molar-refractivity contribution in [2.75, 3.05) is 13.2 Å². The van der Waals surface area contributed by atoms with Crippen LogP contribution in [0.25, 0.3) is 0 Å². The van der Waals surface area contributed by atoms with Crippen molar-refractivity contribution < 1.29 is 14.6 Å². The molecule has 20 heavy (non-hydrogen) atoms. The minimum absolute atomic E-state index is 0.192. The summed E-state index contributed by atoms with van der Waals surface area (Å²) in [5, 5.41) is 13.6. The van der Waals surface area contributed by atoms with Gasteiger partial charge >= 0.3 is 0 Å². The van der Waals surface area contributed by atoms with Crippen LogP contribution in [-0.2, 0) is 6.54 Å². The van der Waals surface area contributed by atoms with Gasteiger partial charge in [0.1, 0.15) is 13.2 Å². The molecule has 1 saturated carbocycles. The lowest BCUT2D eigenvalue weighted by Gasteiger charge is -2.24. The smallest absolute Gasteiger partial charge is 0.165 e. The molecule has 0 bridgehead atoms. The van der Waals surface area contributed by atoms with Crippen LogP contribution in [0.15, 0.2) is 18.2 Å². The van der Waals surface area contributed by atoms with Crippen LogP contribution in [-0.4, -0.2) is 30.5 Å². The highest BCUT2D eigenvalue weighted by molar-refractivity contribution is 5.47. The standard InChI is InChI=1S/C16H23NO3/c18-14-7-3-1-2-6-13(14)17-11-12-5-4-8-15-16(12)20-10-9-19-15/h4-5,8,13-14,17-18H,1-3,6-7,9-11H2. The first kappa shape index (κ1) is 13.7. The first-order valence-corrected chi connectivity index (χ1v) is 7.63. The van der Waals surface area contributed by atoms with Crippen molar-refractivity contribution in [2.24, 2.45) is 0 Å². The fraction of sp³-hybridized carbons (Fsp3) is 0.625. The highest BCUT2D eigenvalue weighted by Gasteiger charge is 2.22. The Balaban J connectivity index is 1.66. The predicted octanol–water partition coefficient (Wildman–Crippen LogP) is 2.24. The Hall–Kier alpha value is -1.26. The molecule has 1 heterocycles. The van der Waals surface area contributed by atoms with Crippen molar-refractivity contribution in [3.63, 3.8) is 0 Å². The third-order valence-corrected chi connectivity index (χ3v) is 4.18. The number of benzene rings is 1. The zero-order valence-electron chi connectivity index (χ0n) is 11.8. The Morgan fingerprint density at radius 2 is 1.95 bits per heavy atom. The average Bonchev–Trinajstić information content (AvgIpc) is 2.69. The van der Waals surface area contributed by atoms with Crippen LogP contribution in [0, 0.1) is 0 Å². The predicted molar refractivity (Wildman–Crippen MR) is 77.2 cm³/mol. The Bertz CT molecular complexity index is 449. The molecule has 2 N–H and O–H groups in total. The molecule has 0 saturated heterocycles. The van der Waals surface area contributed by atoms with Gasteiger partial charge in [-0.05, 0) is 18.9 Å². The van der Waals surface area contributed by atoms with Crippen molar-refractivity contribution in [1.29, 1.82) is 0 Å². The summed E-state index contributed by atoms with van der Waals surface area (Å²) in [6.07, 6.45) is 5.29. The fourth-order valence-corrected chi connectivity index (χ4v) is 3.04. The molecule has 0 radical (unpaired) electrons. The summed E-state index contributed by atoms with van der Waals surface area (Å²) in [7, 11) is 0. The molecular weight excluding hydrogens is 254 g/mol. The van der Waals surface area contributed by atoms with Gasteiger partial charge in [0.05, 0.1) is 6.10 Å². The number of para-hydroxylation sites is 1. The molecular formula is C16H23NO3. The van der Waals surface area contributed by atoms with E-state index in [1.807, 2.05) is 12.1 Å². The van der Waals surface area contributed by atoms with Crippen LogP contribution in [0.4, 0.5) is 0 Å². The first-order valence-electron chi connectivity index (χ1n) is 7.63. The van der Waals surface area contributed by atoms with Gasteiger partial charge in [-0.15, -0.1) is 0 Å². The second-order valence-corrected chi connectivity index (χ2v) is 5.63. The SMILES string of the molecule is OC1CCCCCC1NCc1cccc2c1OCCO2. The lowest BCUT2D eigenvalue weighted by molar-refractivity contribution is 0.118. The zero-order chi connectivity index (χ0) is 13.8. The third-order valence-electron chi connectivity index (χ3n) is 4.18. The average molecular weight is 277 g/mol. The van der Waals surface area contributed by atoms with Gasteiger partial charge in [-0.25, -0.2) is 0 Å². The van der Waals surface area contributed by atoms with Crippen molar-refractivity contribution in [3.05, 3.63) is 23.8 Å². The van der Waals surface area contributed by atoms with E-state index in [4.69, 9.17) is 9.47 Å². The molecule has 1 fully saturated rings. The van der Waals surface area contributed by atoms with Gasteiger partial charge in [0, 0.05) is 18.2 Å². The Kier molecular flexibility index (Phi) is 4.43. The van der Waals surface area contributed by atoms with Gasteiger partial charge in [0.2, 0.25) is 0 Å². The van der Waals surface area contributed by atoms with Gasteiger partial charge in [-0.2, -0.15) is 0 Å². The molecule has 1 aromatic rings. The number of rotatable bonds is 3. The minimum atomic E-state index is -0.228. The number of nitrogens with one attached hydrogen (secondary N) is 1. The summed E-state index contributed by atoms with van der Waals surface area (Å²) in [6.45, 7) is 1.94. The van der Waals surface area contributed by atoms with Gasteiger partial charge in [-0.1, -0.05) is 31.4 Å². The van der Waals surface area contributed by atoms with Gasteiger partial charge < -0.3 is 19.9 Å². The van der Waals surface area contributed by atoms with E-state index in [0.717, 1.165) is 36.3 Å². The molecule has 0 spiro atoms. The second kappa shape index (κ2) is 6.46. The Labute approximate surface area is 120 Å². The van der Waals surface area contributed by atoms with E-state index in [9.17, 15) is 5.11 Å². The number of aliphatic hydroxyl groups is 1. The monoisotopic (exact) mass is 277 g/mol. The van der Waals surface area contributed by atoms with E-state index < -0.39 is 0 Å². The number of hydrogen-bond donors (Lipinski definition) is 2. The van der Waals surface area contributed by atoms with Crippen LogP contribution in [0.5, 0.6) is 11.5 Å². The van der Waals surface area contributed by atoms with E-state index in [1.54, 1.807) is 0 Å². The summed E-state index contributed by atoms with van der Waals surface area (Å²) in [5.74, 6) is 1.69. The summed E-state index contributed by atoms with van der Waals surface area (Å²) in [6, 6.07) is 6.19. The number of aliphatic hydroxyl groups excluding tert-OH is 1. The molecule has 2 atom stereocenters. The molecule has 2 aliphatic rings. The Morgan fingerprint density at radius 3 is 2.90 bits per heavy atom. The van der Waals surface area contributed by atoms with Crippen molar-refractivity contribution in [3.8, 4) is 11.5 Å². The van der Waals surface area contributed by atoms with Crippen LogP contribution < -0.4 is 14.8 Å². The molecule has 4 heteroatoms. The quantitative estimate of drug-likeness (QED) is 0.832. The second-order valence-electron chi connectivity index (χ2n) is 5.63. The molecule has 1 aliphatic heterocycles. The zero-order valence-corrected chi connectivity index (χ0v) is 11.8. The minimum Gasteiger partial charge on any atom is -0.486 e. The lowest BCUT2D eigenvalue weighted by Crippen LogP contribution is -2.38. The number of hydrogen-bond acceptors (Lipinski definition) is 4. The number of fused-ring (bicyclic) bond motifs is 1. The summed E-state index contributed by atoms with van der Waals surface area (Å²) >= 11 is 0. The maximum atomic E-state index is 10.1. The highest BCUT2D eigenvalue weighted by atomic mass is 16.6.